The second kappa shape index (κ2) is 9.03. The smallest absolute Gasteiger partial charge is 0.408 e. The van der Waals surface area contributed by atoms with E-state index in [9.17, 15) is 9.59 Å². The number of hydrogen-bond donors (Lipinski definition) is 1. The summed E-state index contributed by atoms with van der Waals surface area (Å²) in [7, 11) is 0. The summed E-state index contributed by atoms with van der Waals surface area (Å²) in [6.07, 6.45) is 2.53. The topological polar surface area (TPSA) is 67.9 Å². The van der Waals surface area contributed by atoms with Crippen molar-refractivity contribution in [3.63, 3.8) is 0 Å². The molecule has 144 valence electrons. The van der Waals surface area contributed by atoms with Crippen LogP contribution < -0.4 is 10.1 Å². The summed E-state index contributed by atoms with van der Waals surface area (Å²) in [6.45, 7) is 9.54. The van der Waals surface area contributed by atoms with Gasteiger partial charge in [-0.2, -0.15) is 0 Å². The Balaban J connectivity index is 1.71. The van der Waals surface area contributed by atoms with E-state index in [1.165, 1.54) is 0 Å². The molecule has 1 aromatic rings. The summed E-state index contributed by atoms with van der Waals surface area (Å²) in [5, 5.41) is 2.95. The molecule has 6 heteroatoms. The van der Waals surface area contributed by atoms with Gasteiger partial charge in [0.1, 0.15) is 11.4 Å². The molecule has 0 saturated carbocycles. The summed E-state index contributed by atoms with van der Waals surface area (Å²) >= 11 is 0. The van der Waals surface area contributed by atoms with Gasteiger partial charge >= 0.3 is 6.09 Å². The van der Waals surface area contributed by atoms with E-state index in [-0.39, 0.29) is 18.0 Å². The quantitative estimate of drug-likeness (QED) is 0.593. The minimum atomic E-state index is -0.487. The van der Waals surface area contributed by atoms with Crippen molar-refractivity contribution in [1.29, 1.82) is 0 Å². The third-order valence-corrected chi connectivity index (χ3v) is 4.17. The summed E-state index contributed by atoms with van der Waals surface area (Å²) in [5.41, 5.74) is 0.199. The Morgan fingerprint density at radius 3 is 2.54 bits per heavy atom. The van der Waals surface area contributed by atoms with E-state index in [1.807, 2.05) is 32.9 Å². The lowest BCUT2D eigenvalue weighted by Gasteiger charge is -2.27. The molecule has 0 radical (unpaired) electrons. The Morgan fingerprint density at radius 1 is 1.23 bits per heavy atom. The van der Waals surface area contributed by atoms with Gasteiger partial charge < -0.3 is 14.8 Å². The van der Waals surface area contributed by atoms with Crippen LogP contribution in [0, 0.1) is 0 Å². The van der Waals surface area contributed by atoms with Gasteiger partial charge in [-0.25, -0.2) is 4.79 Å². The number of nitrogens with zero attached hydrogens (tertiary/aromatic N) is 1. The second-order valence-electron chi connectivity index (χ2n) is 7.62. The highest BCUT2D eigenvalue weighted by Crippen LogP contribution is 2.17. The van der Waals surface area contributed by atoms with E-state index in [0.717, 1.165) is 38.1 Å². The van der Waals surface area contributed by atoms with Crippen LogP contribution in [-0.2, 0) is 4.74 Å². The van der Waals surface area contributed by atoms with E-state index in [2.05, 4.69) is 10.2 Å². The van der Waals surface area contributed by atoms with Gasteiger partial charge in [0.15, 0.2) is 5.78 Å². The third-order valence-electron chi connectivity index (χ3n) is 4.17. The zero-order valence-electron chi connectivity index (χ0n) is 16.2. The van der Waals surface area contributed by atoms with Crippen molar-refractivity contribution in [2.24, 2.45) is 0 Å². The molecule has 1 unspecified atom stereocenters. The third kappa shape index (κ3) is 6.67. The Labute approximate surface area is 155 Å². The highest BCUT2D eigenvalue weighted by atomic mass is 16.6. The Morgan fingerprint density at radius 2 is 1.92 bits per heavy atom. The summed E-state index contributed by atoms with van der Waals surface area (Å²) < 4.78 is 11.1. The molecule has 1 fully saturated rings. The lowest BCUT2D eigenvalue weighted by atomic mass is 10.1. The van der Waals surface area contributed by atoms with Crippen molar-refractivity contribution in [1.82, 2.24) is 10.2 Å². The Kier molecular flexibility index (Phi) is 7.03. The fraction of sp³-hybridized carbons (Fsp3) is 0.600. The molecule has 26 heavy (non-hydrogen) atoms. The zero-order valence-corrected chi connectivity index (χ0v) is 16.2. The van der Waals surface area contributed by atoms with Gasteiger partial charge in [0.25, 0.3) is 0 Å². The molecule has 1 N–H and O–H groups in total. The van der Waals surface area contributed by atoms with Crippen molar-refractivity contribution in [3.05, 3.63) is 29.8 Å². The standard InChI is InChI=1S/C20H30N2O4/c1-15(23)16-8-10-17(11-9-16)25-14-6-13-22-12-5-7-18(22)21-19(24)26-20(2,3)4/h8-11,18H,5-7,12-14H2,1-4H3,(H,21,24). The van der Waals surface area contributed by atoms with Crippen molar-refractivity contribution in [2.75, 3.05) is 19.7 Å². The van der Waals surface area contributed by atoms with Crippen LogP contribution in [-0.4, -0.2) is 48.2 Å². The predicted octanol–water partition coefficient (Wildman–Crippen LogP) is 3.60. The summed E-state index contributed by atoms with van der Waals surface area (Å²) in [6, 6.07) is 7.19. The molecule has 0 aliphatic carbocycles. The first-order valence-corrected chi connectivity index (χ1v) is 9.22. The van der Waals surface area contributed by atoms with Crippen molar-refractivity contribution in [3.8, 4) is 5.75 Å². The van der Waals surface area contributed by atoms with Crippen molar-refractivity contribution < 1.29 is 19.1 Å². The molecule has 1 aliphatic rings. The Bertz CT molecular complexity index is 607. The summed E-state index contributed by atoms with van der Waals surface area (Å²) in [4.78, 5) is 25.5. The van der Waals surface area contributed by atoms with E-state index in [0.29, 0.717) is 12.2 Å². The van der Waals surface area contributed by atoms with Gasteiger partial charge in [0.2, 0.25) is 0 Å². The van der Waals surface area contributed by atoms with Crippen LogP contribution in [0.1, 0.15) is 57.3 Å². The van der Waals surface area contributed by atoms with Gasteiger partial charge in [-0.3, -0.25) is 9.69 Å². The van der Waals surface area contributed by atoms with Crippen molar-refractivity contribution >= 4 is 11.9 Å². The molecule has 1 heterocycles. The molecule has 0 bridgehead atoms. The number of alkyl carbamates (subject to hydrolysis) is 1. The molecule has 1 amide bonds. The highest BCUT2D eigenvalue weighted by Gasteiger charge is 2.27. The average molecular weight is 362 g/mol. The molecule has 1 aliphatic heterocycles. The monoisotopic (exact) mass is 362 g/mol. The molecule has 1 atom stereocenters. The van der Waals surface area contributed by atoms with Gasteiger partial charge in [-0.05, 0) is 71.2 Å². The molecule has 6 nitrogen and oxygen atoms in total. The number of amides is 1. The number of rotatable bonds is 7. The number of likely N-dealkylation sites (tertiary alicyclic amines) is 1. The first-order valence-electron chi connectivity index (χ1n) is 9.22. The molecule has 1 aromatic carbocycles. The van der Waals surface area contributed by atoms with Crippen LogP contribution in [0.4, 0.5) is 4.79 Å². The highest BCUT2D eigenvalue weighted by molar-refractivity contribution is 5.94. The van der Waals surface area contributed by atoms with Crippen LogP contribution in [0.2, 0.25) is 0 Å². The minimum absolute atomic E-state index is 0.0275. The lowest BCUT2D eigenvalue weighted by molar-refractivity contribution is 0.0446. The number of ketones is 1. The maximum Gasteiger partial charge on any atom is 0.408 e. The minimum Gasteiger partial charge on any atom is -0.494 e. The number of carbonyl (C=O) groups excluding carboxylic acids is 2. The summed E-state index contributed by atoms with van der Waals surface area (Å²) in [5.74, 6) is 0.814. The van der Waals surface area contributed by atoms with Gasteiger partial charge in [0.05, 0.1) is 12.8 Å². The fourth-order valence-electron chi connectivity index (χ4n) is 2.94. The molecule has 0 aromatic heterocycles. The number of Topliss-reactive ketones (excluding diaryl/α,β-unsaturated/α-hetero) is 1. The van der Waals surface area contributed by atoms with E-state index < -0.39 is 5.60 Å². The number of benzene rings is 1. The van der Waals surface area contributed by atoms with E-state index >= 15 is 0 Å². The van der Waals surface area contributed by atoms with E-state index in [1.54, 1.807) is 19.1 Å². The van der Waals surface area contributed by atoms with Crippen LogP contribution in [0.5, 0.6) is 5.75 Å². The van der Waals surface area contributed by atoms with Crippen LogP contribution in [0.3, 0.4) is 0 Å². The van der Waals surface area contributed by atoms with Gasteiger partial charge in [0, 0.05) is 18.7 Å². The zero-order chi connectivity index (χ0) is 19.2. The predicted molar refractivity (Wildman–Crippen MR) is 101 cm³/mol. The van der Waals surface area contributed by atoms with Gasteiger partial charge in [-0.1, -0.05) is 0 Å². The van der Waals surface area contributed by atoms with Crippen LogP contribution >= 0.6 is 0 Å². The Hall–Kier alpha value is -2.08. The SMILES string of the molecule is CC(=O)c1ccc(OCCCN2CCCC2NC(=O)OC(C)(C)C)cc1. The average Bonchev–Trinajstić information content (AvgIpc) is 2.97. The fourth-order valence-corrected chi connectivity index (χ4v) is 2.94. The lowest BCUT2D eigenvalue weighted by Crippen LogP contribution is -2.46. The first-order chi connectivity index (χ1) is 12.2. The van der Waals surface area contributed by atoms with E-state index in [4.69, 9.17) is 9.47 Å². The molecule has 1 saturated heterocycles. The number of ether oxygens (including phenoxy) is 2. The number of nitrogens with one attached hydrogen (secondary N) is 1. The molecular weight excluding hydrogens is 332 g/mol. The number of carbonyl (C=O) groups is 2. The maximum absolute atomic E-state index is 11.9. The molecule has 2 rings (SSSR count). The van der Waals surface area contributed by atoms with Gasteiger partial charge in [-0.15, -0.1) is 0 Å². The molecule has 0 spiro atoms. The van der Waals surface area contributed by atoms with Crippen LogP contribution in [0.15, 0.2) is 24.3 Å². The van der Waals surface area contributed by atoms with Crippen LogP contribution in [0.25, 0.3) is 0 Å². The first kappa shape index (κ1) is 20.2. The molecular formula is C20H30N2O4. The second-order valence-corrected chi connectivity index (χ2v) is 7.62. The maximum atomic E-state index is 11.9. The largest absolute Gasteiger partial charge is 0.494 e. The van der Waals surface area contributed by atoms with Crippen molar-refractivity contribution in [2.45, 2.75) is 58.7 Å². The number of hydrogen-bond acceptors (Lipinski definition) is 5. The normalized spacial score (nSPS) is 17.8.